The Labute approximate surface area is 81.8 Å². The first-order valence-corrected chi connectivity index (χ1v) is 4.19. The van der Waals surface area contributed by atoms with E-state index in [4.69, 9.17) is 20.4 Å². The fourth-order valence-corrected chi connectivity index (χ4v) is 0.460. The standard InChI is InChI=1S/C4H8O4.C4H8O2/c5-2-1-3(6)4(7)8;1-2-3-4(5)6/h3,5-6H,1-2H2,(H,7,8);2-3H2,1H3,(H,5,6). The SMILES string of the molecule is CCCC(=O)O.O=C(O)C(O)CCO. The maximum Gasteiger partial charge on any atom is 0.332 e. The average Bonchev–Trinajstić information content (AvgIpc) is 2.05. The molecule has 0 saturated carbocycles. The van der Waals surface area contributed by atoms with Gasteiger partial charge in [0.15, 0.2) is 6.10 Å². The highest BCUT2D eigenvalue weighted by Crippen LogP contribution is 1.87. The topological polar surface area (TPSA) is 115 Å². The van der Waals surface area contributed by atoms with Crippen molar-refractivity contribution in [2.45, 2.75) is 32.3 Å². The fourth-order valence-electron chi connectivity index (χ4n) is 0.460. The van der Waals surface area contributed by atoms with Crippen molar-refractivity contribution in [3.8, 4) is 0 Å². The highest BCUT2D eigenvalue weighted by molar-refractivity contribution is 5.71. The summed E-state index contributed by atoms with van der Waals surface area (Å²) >= 11 is 0. The lowest BCUT2D eigenvalue weighted by Gasteiger charge is -1.98. The zero-order valence-corrected chi connectivity index (χ0v) is 8.01. The van der Waals surface area contributed by atoms with Gasteiger partial charge in [-0.2, -0.15) is 0 Å². The zero-order chi connectivity index (χ0) is 11.6. The summed E-state index contributed by atoms with van der Waals surface area (Å²) in [5, 5.41) is 32.3. The minimum absolute atomic E-state index is 0.102. The number of hydrogen-bond donors (Lipinski definition) is 4. The van der Waals surface area contributed by atoms with E-state index in [9.17, 15) is 9.59 Å². The average molecular weight is 208 g/mol. The van der Waals surface area contributed by atoms with Crippen LogP contribution in [0.3, 0.4) is 0 Å². The highest BCUT2D eigenvalue weighted by Gasteiger charge is 2.10. The van der Waals surface area contributed by atoms with Crippen molar-refractivity contribution < 1.29 is 30.0 Å². The van der Waals surface area contributed by atoms with Gasteiger partial charge in [-0.15, -0.1) is 0 Å². The lowest BCUT2D eigenvalue weighted by atomic mass is 10.3. The van der Waals surface area contributed by atoms with Gasteiger partial charge in [0, 0.05) is 19.4 Å². The summed E-state index contributed by atoms with van der Waals surface area (Å²) < 4.78 is 0. The fraction of sp³-hybridized carbons (Fsp3) is 0.750. The van der Waals surface area contributed by atoms with E-state index in [2.05, 4.69) is 0 Å². The molecular formula is C8H16O6. The normalized spacial score (nSPS) is 11.1. The van der Waals surface area contributed by atoms with Gasteiger partial charge in [-0.05, 0) is 6.42 Å². The van der Waals surface area contributed by atoms with Gasteiger partial charge in [0.1, 0.15) is 0 Å². The number of rotatable bonds is 5. The molecule has 0 bridgehead atoms. The van der Waals surface area contributed by atoms with E-state index in [-0.39, 0.29) is 13.0 Å². The Balaban J connectivity index is 0. The number of aliphatic hydroxyl groups is 2. The number of hydrogen-bond acceptors (Lipinski definition) is 4. The van der Waals surface area contributed by atoms with Crippen LogP contribution in [0.4, 0.5) is 0 Å². The minimum Gasteiger partial charge on any atom is -0.481 e. The quantitative estimate of drug-likeness (QED) is 0.492. The van der Waals surface area contributed by atoms with Gasteiger partial charge in [-0.3, -0.25) is 4.79 Å². The molecule has 0 heterocycles. The highest BCUT2D eigenvalue weighted by atomic mass is 16.4. The molecule has 0 fully saturated rings. The monoisotopic (exact) mass is 208 g/mol. The van der Waals surface area contributed by atoms with Crippen LogP contribution in [0.25, 0.3) is 0 Å². The van der Waals surface area contributed by atoms with Crippen LogP contribution in [0.15, 0.2) is 0 Å². The van der Waals surface area contributed by atoms with Crippen LogP contribution in [0.5, 0.6) is 0 Å². The largest absolute Gasteiger partial charge is 0.481 e. The Kier molecular flexibility index (Phi) is 10.9. The summed E-state index contributed by atoms with van der Waals surface area (Å²) in [4.78, 5) is 19.3. The molecule has 6 nitrogen and oxygen atoms in total. The molecule has 0 radical (unpaired) electrons. The Morgan fingerprint density at radius 1 is 1.29 bits per heavy atom. The second-order valence-corrected chi connectivity index (χ2v) is 2.51. The Morgan fingerprint density at radius 2 is 1.79 bits per heavy atom. The Hall–Kier alpha value is -1.14. The molecule has 1 unspecified atom stereocenters. The maximum absolute atomic E-state index is 9.73. The molecule has 0 aliphatic carbocycles. The summed E-state index contributed by atoms with van der Waals surface area (Å²) in [7, 11) is 0. The molecule has 4 N–H and O–H groups in total. The molecule has 0 aromatic rings. The van der Waals surface area contributed by atoms with Crippen molar-refractivity contribution in [3.63, 3.8) is 0 Å². The number of carboxylic acid groups (broad SMARTS) is 2. The molecule has 0 aromatic heterocycles. The van der Waals surface area contributed by atoms with Crippen LogP contribution in [0, 0.1) is 0 Å². The van der Waals surface area contributed by atoms with E-state index in [1.807, 2.05) is 6.92 Å². The lowest BCUT2D eigenvalue weighted by Crippen LogP contribution is -2.20. The Morgan fingerprint density at radius 3 is 1.86 bits per heavy atom. The van der Waals surface area contributed by atoms with Gasteiger partial charge < -0.3 is 20.4 Å². The van der Waals surface area contributed by atoms with E-state index in [1.165, 1.54) is 0 Å². The second-order valence-electron chi connectivity index (χ2n) is 2.51. The first kappa shape index (κ1) is 15.3. The van der Waals surface area contributed by atoms with Crippen molar-refractivity contribution >= 4 is 11.9 Å². The van der Waals surface area contributed by atoms with Crippen LogP contribution in [-0.2, 0) is 9.59 Å². The predicted octanol–water partition coefficient (Wildman–Crippen LogP) is -0.315. The van der Waals surface area contributed by atoms with Crippen LogP contribution < -0.4 is 0 Å². The van der Waals surface area contributed by atoms with E-state index >= 15 is 0 Å². The molecule has 6 heteroatoms. The molecule has 1 atom stereocenters. The molecule has 0 saturated heterocycles. The molecule has 0 amide bonds. The van der Waals surface area contributed by atoms with Crippen LogP contribution >= 0.6 is 0 Å². The van der Waals surface area contributed by atoms with Crippen molar-refractivity contribution in [2.75, 3.05) is 6.61 Å². The molecule has 84 valence electrons. The summed E-state index contributed by atoms with van der Waals surface area (Å²) in [6, 6.07) is 0. The number of carboxylic acids is 2. The van der Waals surface area contributed by atoms with Crippen molar-refractivity contribution in [1.82, 2.24) is 0 Å². The zero-order valence-electron chi connectivity index (χ0n) is 8.01. The summed E-state index contributed by atoms with van der Waals surface area (Å²) in [5.41, 5.74) is 0. The molecule has 0 spiro atoms. The maximum atomic E-state index is 9.73. The molecule has 0 aliphatic heterocycles. The number of aliphatic hydroxyl groups excluding tert-OH is 2. The van der Waals surface area contributed by atoms with Crippen LogP contribution in [0.2, 0.25) is 0 Å². The van der Waals surface area contributed by atoms with E-state index in [0.29, 0.717) is 6.42 Å². The summed E-state index contributed by atoms with van der Waals surface area (Å²) in [6.07, 6.45) is -0.495. The third kappa shape index (κ3) is 13.4. The van der Waals surface area contributed by atoms with Crippen molar-refractivity contribution in [1.29, 1.82) is 0 Å². The predicted molar refractivity (Wildman–Crippen MR) is 47.9 cm³/mol. The smallest absolute Gasteiger partial charge is 0.332 e. The molecule has 0 aliphatic rings. The summed E-state index contributed by atoms with van der Waals surface area (Å²) in [6.45, 7) is 1.54. The number of carbonyl (C=O) groups is 2. The van der Waals surface area contributed by atoms with Gasteiger partial charge >= 0.3 is 11.9 Å². The van der Waals surface area contributed by atoms with Gasteiger partial charge in [-0.1, -0.05) is 6.92 Å². The third-order valence-electron chi connectivity index (χ3n) is 1.15. The first-order chi connectivity index (χ1) is 6.45. The van der Waals surface area contributed by atoms with Gasteiger partial charge in [0.25, 0.3) is 0 Å². The summed E-state index contributed by atoms with van der Waals surface area (Å²) in [5.74, 6) is -2.00. The van der Waals surface area contributed by atoms with E-state index in [1.54, 1.807) is 0 Å². The molecule has 0 rings (SSSR count). The van der Waals surface area contributed by atoms with E-state index in [0.717, 1.165) is 6.42 Å². The lowest BCUT2D eigenvalue weighted by molar-refractivity contribution is -0.147. The Bertz CT molecular complexity index is 167. The van der Waals surface area contributed by atoms with E-state index < -0.39 is 18.0 Å². The minimum atomic E-state index is -1.42. The number of aliphatic carboxylic acids is 2. The molecule has 14 heavy (non-hydrogen) atoms. The van der Waals surface area contributed by atoms with Crippen LogP contribution in [-0.4, -0.2) is 45.1 Å². The van der Waals surface area contributed by atoms with Gasteiger partial charge in [-0.25, -0.2) is 4.79 Å². The van der Waals surface area contributed by atoms with Crippen molar-refractivity contribution in [2.24, 2.45) is 0 Å². The van der Waals surface area contributed by atoms with Gasteiger partial charge in [0.05, 0.1) is 0 Å². The first-order valence-electron chi connectivity index (χ1n) is 4.19. The third-order valence-corrected chi connectivity index (χ3v) is 1.15. The second kappa shape index (κ2) is 9.94. The molecule has 0 aromatic carbocycles. The van der Waals surface area contributed by atoms with Crippen LogP contribution in [0.1, 0.15) is 26.2 Å². The van der Waals surface area contributed by atoms with Crippen molar-refractivity contribution in [3.05, 3.63) is 0 Å². The molecular weight excluding hydrogens is 192 g/mol. The van der Waals surface area contributed by atoms with Gasteiger partial charge in [0.2, 0.25) is 0 Å².